The van der Waals surface area contributed by atoms with Crippen molar-refractivity contribution in [3.8, 4) is 11.5 Å². The second kappa shape index (κ2) is 8.92. The first-order valence-electron chi connectivity index (χ1n) is 10.9. The van der Waals surface area contributed by atoms with Crippen molar-refractivity contribution in [2.45, 2.75) is 19.4 Å². The molecule has 35 heavy (non-hydrogen) atoms. The Morgan fingerprint density at radius 3 is 2.69 bits per heavy atom. The van der Waals surface area contributed by atoms with Gasteiger partial charge in [-0.3, -0.25) is 14.5 Å². The number of anilines is 1. The fourth-order valence-corrected chi connectivity index (χ4v) is 5.33. The number of ether oxygens (including phenoxy) is 2. The average Bonchev–Trinajstić information content (AvgIpc) is 3.61. The van der Waals surface area contributed by atoms with Crippen molar-refractivity contribution in [1.82, 2.24) is 4.98 Å². The van der Waals surface area contributed by atoms with Crippen molar-refractivity contribution < 1.29 is 28.6 Å². The second-order valence-electron chi connectivity index (χ2n) is 7.88. The Bertz CT molecular complexity index is 1470. The van der Waals surface area contributed by atoms with Gasteiger partial charge in [-0.15, -0.1) is 0 Å². The molecule has 0 spiro atoms. The van der Waals surface area contributed by atoms with Crippen molar-refractivity contribution in [2.75, 3.05) is 19.1 Å². The van der Waals surface area contributed by atoms with Crippen LogP contribution in [-0.2, 0) is 11.2 Å². The summed E-state index contributed by atoms with van der Waals surface area (Å²) in [5.41, 5.74) is 2.20. The number of aliphatic hydroxyl groups is 1. The molecule has 8 nitrogen and oxygen atoms in total. The van der Waals surface area contributed by atoms with Gasteiger partial charge >= 0.3 is 0 Å². The van der Waals surface area contributed by atoms with Crippen LogP contribution < -0.4 is 14.4 Å². The molecule has 1 aliphatic rings. The molecular weight excluding hydrogens is 468 g/mol. The van der Waals surface area contributed by atoms with Gasteiger partial charge in [0.05, 0.1) is 36.3 Å². The maximum atomic E-state index is 13.5. The number of Topliss-reactive ketones (excluding diaryl/α,β-unsaturated/α-hetero) is 1. The lowest BCUT2D eigenvalue weighted by molar-refractivity contribution is -0.117. The predicted molar refractivity (Wildman–Crippen MR) is 131 cm³/mol. The van der Waals surface area contributed by atoms with E-state index in [0.29, 0.717) is 22.2 Å². The lowest BCUT2D eigenvalue weighted by Gasteiger charge is -2.26. The standard InChI is InChI=1S/C26H22N2O6S/c1-4-14-10-11-16-19(13-14)35-26(27-16)28-21(15-7-5-8-18(32-2)24(15)33-3)20(23(30)25(28)31)22(29)17-9-6-12-34-17/h5-13,21,30H,4H2,1-3H3/t21-/m1/s1. The molecule has 0 saturated carbocycles. The molecule has 1 aliphatic heterocycles. The minimum atomic E-state index is -1.02. The lowest BCUT2D eigenvalue weighted by Crippen LogP contribution is -2.31. The van der Waals surface area contributed by atoms with E-state index >= 15 is 0 Å². The smallest absolute Gasteiger partial charge is 0.296 e. The fraction of sp³-hybridized carbons (Fsp3) is 0.192. The molecule has 9 heteroatoms. The summed E-state index contributed by atoms with van der Waals surface area (Å²) in [4.78, 5) is 32.9. The summed E-state index contributed by atoms with van der Waals surface area (Å²) in [5.74, 6) is -1.23. The van der Waals surface area contributed by atoms with Crippen LogP contribution in [0.4, 0.5) is 5.13 Å². The number of carbonyl (C=O) groups excluding carboxylic acids is 2. The number of furan rings is 1. The van der Waals surface area contributed by atoms with Crippen LogP contribution in [0.25, 0.3) is 10.2 Å². The normalized spacial score (nSPS) is 15.8. The van der Waals surface area contributed by atoms with E-state index < -0.39 is 23.5 Å². The molecule has 0 bridgehead atoms. The highest BCUT2D eigenvalue weighted by Crippen LogP contribution is 2.48. The number of carbonyl (C=O) groups is 2. The van der Waals surface area contributed by atoms with Crippen LogP contribution in [0, 0.1) is 0 Å². The average molecular weight is 491 g/mol. The molecule has 0 saturated heterocycles. The molecule has 0 radical (unpaired) electrons. The van der Waals surface area contributed by atoms with Gasteiger partial charge in [0, 0.05) is 5.56 Å². The number of aliphatic hydroxyl groups excluding tert-OH is 1. The molecule has 2 aromatic carbocycles. The van der Waals surface area contributed by atoms with Gasteiger partial charge in [-0.2, -0.15) is 0 Å². The number of benzene rings is 2. The van der Waals surface area contributed by atoms with Gasteiger partial charge in [-0.25, -0.2) is 4.98 Å². The van der Waals surface area contributed by atoms with E-state index in [-0.39, 0.29) is 11.3 Å². The number of methoxy groups -OCH3 is 2. The first-order chi connectivity index (χ1) is 17.0. The second-order valence-corrected chi connectivity index (χ2v) is 8.89. The quantitative estimate of drug-likeness (QED) is 0.353. The third-order valence-corrected chi connectivity index (χ3v) is 7.00. The Morgan fingerprint density at radius 1 is 1.17 bits per heavy atom. The summed E-state index contributed by atoms with van der Waals surface area (Å²) in [5, 5.41) is 11.3. The van der Waals surface area contributed by atoms with E-state index in [1.54, 1.807) is 24.3 Å². The summed E-state index contributed by atoms with van der Waals surface area (Å²) < 4.78 is 17.3. The zero-order chi connectivity index (χ0) is 24.7. The lowest BCUT2D eigenvalue weighted by atomic mass is 9.94. The van der Waals surface area contributed by atoms with Gasteiger partial charge in [0.2, 0.25) is 5.78 Å². The van der Waals surface area contributed by atoms with E-state index in [2.05, 4.69) is 11.9 Å². The number of nitrogens with zero attached hydrogens (tertiary/aromatic N) is 2. The summed E-state index contributed by atoms with van der Waals surface area (Å²) in [7, 11) is 2.98. The third kappa shape index (κ3) is 3.64. The van der Waals surface area contributed by atoms with Gasteiger partial charge in [0.15, 0.2) is 28.1 Å². The molecule has 1 N–H and O–H groups in total. The molecule has 0 unspecified atom stereocenters. The van der Waals surface area contributed by atoms with Crippen molar-refractivity contribution >= 4 is 38.4 Å². The highest BCUT2D eigenvalue weighted by molar-refractivity contribution is 7.22. The third-order valence-electron chi connectivity index (χ3n) is 5.98. The van der Waals surface area contributed by atoms with Crippen molar-refractivity contribution in [2.24, 2.45) is 0 Å². The van der Waals surface area contributed by atoms with Gasteiger partial charge < -0.3 is 19.0 Å². The van der Waals surface area contributed by atoms with Crippen LogP contribution in [-0.4, -0.2) is 36.0 Å². The van der Waals surface area contributed by atoms with E-state index in [9.17, 15) is 14.7 Å². The maximum absolute atomic E-state index is 13.5. The molecule has 1 atom stereocenters. The molecule has 3 heterocycles. The van der Waals surface area contributed by atoms with Crippen LogP contribution in [0.5, 0.6) is 11.5 Å². The van der Waals surface area contributed by atoms with Crippen LogP contribution in [0.3, 0.4) is 0 Å². The number of aryl methyl sites for hydroxylation is 1. The topological polar surface area (TPSA) is 102 Å². The molecular formula is C26H22N2O6S. The van der Waals surface area contributed by atoms with E-state index in [1.165, 1.54) is 42.8 Å². The van der Waals surface area contributed by atoms with Gasteiger partial charge in [0.1, 0.15) is 6.04 Å². The van der Waals surface area contributed by atoms with Crippen molar-refractivity contribution in [1.29, 1.82) is 0 Å². The highest BCUT2D eigenvalue weighted by Gasteiger charge is 2.47. The number of amides is 1. The maximum Gasteiger partial charge on any atom is 0.296 e. The molecule has 1 amide bonds. The van der Waals surface area contributed by atoms with E-state index in [1.807, 2.05) is 18.2 Å². The summed E-state index contributed by atoms with van der Waals surface area (Å²) >= 11 is 1.31. The number of rotatable bonds is 7. The number of aromatic nitrogens is 1. The molecule has 178 valence electrons. The predicted octanol–water partition coefficient (Wildman–Crippen LogP) is 5.25. The minimum Gasteiger partial charge on any atom is -0.503 e. The van der Waals surface area contributed by atoms with Crippen LogP contribution >= 0.6 is 11.3 Å². The van der Waals surface area contributed by atoms with Crippen molar-refractivity contribution in [3.05, 3.63) is 83.0 Å². The summed E-state index contributed by atoms with van der Waals surface area (Å²) in [6.45, 7) is 2.06. The van der Waals surface area contributed by atoms with E-state index in [4.69, 9.17) is 13.9 Å². The van der Waals surface area contributed by atoms with Crippen LogP contribution in [0.2, 0.25) is 0 Å². The fourth-order valence-electron chi connectivity index (χ4n) is 4.28. The Hall–Kier alpha value is -4.11. The first-order valence-corrected chi connectivity index (χ1v) is 11.7. The Morgan fingerprint density at radius 2 is 2.00 bits per heavy atom. The van der Waals surface area contributed by atoms with Gasteiger partial charge in [-0.1, -0.05) is 36.5 Å². The Balaban J connectivity index is 1.73. The molecule has 0 aliphatic carbocycles. The summed E-state index contributed by atoms with van der Waals surface area (Å²) in [6, 6.07) is 13.1. The molecule has 4 aromatic rings. The zero-order valence-corrected chi connectivity index (χ0v) is 20.1. The van der Waals surface area contributed by atoms with Crippen molar-refractivity contribution in [3.63, 3.8) is 0 Å². The summed E-state index contributed by atoms with van der Waals surface area (Å²) in [6.07, 6.45) is 2.22. The number of para-hydroxylation sites is 1. The number of thiazole rings is 1. The first kappa shape index (κ1) is 22.7. The Labute approximate surface area is 205 Å². The van der Waals surface area contributed by atoms with Gasteiger partial charge in [0.25, 0.3) is 5.91 Å². The molecule has 2 aromatic heterocycles. The number of fused-ring (bicyclic) bond motifs is 1. The Kier molecular flexibility index (Phi) is 5.78. The van der Waals surface area contributed by atoms with Crippen LogP contribution in [0.1, 0.15) is 34.6 Å². The molecule has 0 fully saturated rings. The monoisotopic (exact) mass is 490 g/mol. The van der Waals surface area contributed by atoms with E-state index in [0.717, 1.165) is 22.2 Å². The largest absolute Gasteiger partial charge is 0.503 e. The number of hydrogen-bond donors (Lipinski definition) is 1. The minimum absolute atomic E-state index is 0.00458. The highest BCUT2D eigenvalue weighted by atomic mass is 32.1. The van der Waals surface area contributed by atoms with Gasteiger partial charge in [-0.05, 0) is 42.3 Å². The molecule has 5 rings (SSSR count). The number of hydrogen-bond acceptors (Lipinski definition) is 8. The number of ketones is 1. The SMILES string of the molecule is CCc1ccc2nc(N3C(=O)C(O)=C(C(=O)c4ccco4)[C@H]3c3cccc(OC)c3OC)sc2c1. The zero-order valence-electron chi connectivity index (χ0n) is 19.3. The van der Waals surface area contributed by atoms with Crippen LogP contribution in [0.15, 0.2) is 70.5 Å².